The van der Waals surface area contributed by atoms with Crippen molar-refractivity contribution in [2.24, 2.45) is 0 Å². The number of thiazole rings is 1. The first kappa shape index (κ1) is 12.3. The molecule has 0 fully saturated rings. The molecule has 0 aliphatic carbocycles. The normalized spacial score (nSPS) is 9.78. The second kappa shape index (κ2) is 5.92. The van der Waals surface area contributed by atoms with E-state index in [0.717, 1.165) is 0 Å². The number of amides is 1. The molecule has 18 heavy (non-hydrogen) atoms. The highest BCUT2D eigenvalue weighted by Crippen LogP contribution is 2.19. The summed E-state index contributed by atoms with van der Waals surface area (Å²) in [5.74, 6) is 0.491. The number of nitrogens with one attached hydrogen (secondary N) is 2. The van der Waals surface area contributed by atoms with Gasteiger partial charge in [-0.2, -0.15) is 0 Å². The zero-order chi connectivity index (χ0) is 12.8. The van der Waals surface area contributed by atoms with Gasteiger partial charge in [0.25, 0.3) is 5.91 Å². The summed E-state index contributed by atoms with van der Waals surface area (Å²) in [5.41, 5.74) is 0.389. The van der Waals surface area contributed by atoms with E-state index in [1.807, 2.05) is 18.2 Å². The molecule has 2 aromatic heterocycles. The van der Waals surface area contributed by atoms with E-state index in [2.05, 4.69) is 27.2 Å². The molecule has 0 aliphatic rings. The molecule has 2 aromatic rings. The number of carbonyl (C=O) groups is 1. The molecule has 2 N–H and O–H groups in total. The highest BCUT2D eigenvalue weighted by molar-refractivity contribution is 7.14. The molecule has 92 valence electrons. The fourth-order valence-electron chi connectivity index (χ4n) is 1.24. The molecule has 0 unspecified atom stereocenters. The van der Waals surface area contributed by atoms with E-state index in [0.29, 0.717) is 23.2 Å². The Balaban J connectivity index is 2.02. The van der Waals surface area contributed by atoms with E-state index in [1.54, 1.807) is 17.7 Å². The van der Waals surface area contributed by atoms with Crippen molar-refractivity contribution in [3.63, 3.8) is 0 Å². The molecule has 5 nitrogen and oxygen atoms in total. The molecule has 0 bridgehead atoms. The van der Waals surface area contributed by atoms with Gasteiger partial charge in [-0.05, 0) is 12.1 Å². The minimum absolute atomic E-state index is 0.208. The molecule has 2 heterocycles. The van der Waals surface area contributed by atoms with Crippen LogP contribution in [0.5, 0.6) is 0 Å². The van der Waals surface area contributed by atoms with E-state index >= 15 is 0 Å². The van der Waals surface area contributed by atoms with Gasteiger partial charge in [0.15, 0.2) is 5.13 Å². The summed E-state index contributed by atoms with van der Waals surface area (Å²) in [7, 11) is 0. The lowest BCUT2D eigenvalue weighted by atomic mass is 10.4. The second-order valence-electron chi connectivity index (χ2n) is 3.38. The highest BCUT2D eigenvalue weighted by atomic mass is 32.1. The number of nitrogens with zero attached hydrogens (tertiary/aromatic N) is 2. The Bertz CT molecular complexity index is 538. The molecule has 0 aromatic carbocycles. The SMILES string of the molecule is C=CCNC(=O)c1csc(Nc2ccccn2)n1. The predicted molar refractivity (Wildman–Crippen MR) is 72.2 cm³/mol. The highest BCUT2D eigenvalue weighted by Gasteiger charge is 2.09. The maximum atomic E-state index is 11.6. The summed E-state index contributed by atoms with van der Waals surface area (Å²) in [5, 5.41) is 8.04. The van der Waals surface area contributed by atoms with Gasteiger partial charge >= 0.3 is 0 Å². The molecular formula is C12H12N4OS. The Labute approximate surface area is 109 Å². The molecule has 0 aliphatic heterocycles. The number of anilines is 2. The third-order valence-electron chi connectivity index (χ3n) is 2.04. The maximum absolute atomic E-state index is 11.6. The van der Waals surface area contributed by atoms with Crippen LogP contribution >= 0.6 is 11.3 Å². The fourth-order valence-corrected chi connectivity index (χ4v) is 1.93. The minimum atomic E-state index is -0.208. The van der Waals surface area contributed by atoms with Crippen molar-refractivity contribution in [2.45, 2.75) is 0 Å². The Hall–Kier alpha value is -2.21. The number of carbonyl (C=O) groups excluding carboxylic acids is 1. The van der Waals surface area contributed by atoms with Gasteiger partial charge < -0.3 is 10.6 Å². The third kappa shape index (κ3) is 3.14. The number of pyridine rings is 1. The summed E-state index contributed by atoms with van der Waals surface area (Å²) in [6.45, 7) is 3.96. The van der Waals surface area contributed by atoms with Crippen LogP contribution in [0.2, 0.25) is 0 Å². The van der Waals surface area contributed by atoms with Crippen molar-refractivity contribution in [3.05, 3.63) is 48.1 Å². The first-order chi connectivity index (χ1) is 8.79. The van der Waals surface area contributed by atoms with Crippen LogP contribution in [0.4, 0.5) is 10.9 Å². The summed E-state index contributed by atoms with van der Waals surface area (Å²) in [6.07, 6.45) is 3.31. The molecule has 1 amide bonds. The van der Waals surface area contributed by atoms with Crippen molar-refractivity contribution in [1.29, 1.82) is 0 Å². The third-order valence-corrected chi connectivity index (χ3v) is 2.80. The molecule has 0 atom stereocenters. The monoisotopic (exact) mass is 260 g/mol. The van der Waals surface area contributed by atoms with Crippen LogP contribution in [-0.4, -0.2) is 22.4 Å². The van der Waals surface area contributed by atoms with E-state index in [4.69, 9.17) is 0 Å². The maximum Gasteiger partial charge on any atom is 0.271 e. The average Bonchev–Trinajstić information content (AvgIpc) is 2.86. The number of hydrogen-bond acceptors (Lipinski definition) is 5. The second-order valence-corrected chi connectivity index (χ2v) is 4.23. The van der Waals surface area contributed by atoms with Crippen LogP contribution < -0.4 is 10.6 Å². The van der Waals surface area contributed by atoms with Gasteiger partial charge in [-0.25, -0.2) is 9.97 Å². The van der Waals surface area contributed by atoms with Crippen LogP contribution in [-0.2, 0) is 0 Å². The average molecular weight is 260 g/mol. The summed E-state index contributed by atoms with van der Waals surface area (Å²) in [4.78, 5) is 19.9. The van der Waals surface area contributed by atoms with E-state index in [-0.39, 0.29) is 5.91 Å². The van der Waals surface area contributed by atoms with Crippen molar-refractivity contribution in [2.75, 3.05) is 11.9 Å². The quantitative estimate of drug-likeness (QED) is 0.809. The van der Waals surface area contributed by atoms with Gasteiger partial charge in [0, 0.05) is 18.1 Å². The number of aromatic nitrogens is 2. The van der Waals surface area contributed by atoms with Crippen LogP contribution in [0.25, 0.3) is 0 Å². The zero-order valence-corrected chi connectivity index (χ0v) is 10.4. The van der Waals surface area contributed by atoms with Gasteiger partial charge in [-0.15, -0.1) is 17.9 Å². The Morgan fingerprint density at radius 1 is 1.50 bits per heavy atom. The fraction of sp³-hybridized carbons (Fsp3) is 0.0833. The number of hydrogen-bond donors (Lipinski definition) is 2. The minimum Gasteiger partial charge on any atom is -0.347 e. The van der Waals surface area contributed by atoms with Crippen LogP contribution in [0.15, 0.2) is 42.4 Å². The van der Waals surface area contributed by atoms with Crippen molar-refractivity contribution < 1.29 is 4.79 Å². The molecule has 0 saturated heterocycles. The van der Waals surface area contributed by atoms with Gasteiger partial charge in [0.2, 0.25) is 0 Å². The Kier molecular flexibility index (Phi) is 4.03. The summed E-state index contributed by atoms with van der Waals surface area (Å²) < 4.78 is 0. The van der Waals surface area contributed by atoms with Crippen LogP contribution in [0.1, 0.15) is 10.5 Å². The smallest absolute Gasteiger partial charge is 0.271 e. The lowest BCUT2D eigenvalue weighted by molar-refractivity contribution is 0.0954. The molecule has 6 heteroatoms. The molecular weight excluding hydrogens is 248 g/mol. The van der Waals surface area contributed by atoms with Gasteiger partial charge in [-0.3, -0.25) is 4.79 Å². The largest absolute Gasteiger partial charge is 0.347 e. The van der Waals surface area contributed by atoms with E-state index in [1.165, 1.54) is 11.3 Å². The van der Waals surface area contributed by atoms with Crippen molar-refractivity contribution >= 4 is 28.2 Å². The zero-order valence-electron chi connectivity index (χ0n) is 9.59. The Morgan fingerprint density at radius 3 is 3.11 bits per heavy atom. The summed E-state index contributed by atoms with van der Waals surface area (Å²) in [6, 6.07) is 5.54. The van der Waals surface area contributed by atoms with E-state index in [9.17, 15) is 4.79 Å². The Morgan fingerprint density at radius 2 is 2.39 bits per heavy atom. The first-order valence-electron chi connectivity index (χ1n) is 5.32. The van der Waals surface area contributed by atoms with Crippen molar-refractivity contribution in [3.8, 4) is 0 Å². The van der Waals surface area contributed by atoms with Gasteiger partial charge in [0.05, 0.1) is 0 Å². The van der Waals surface area contributed by atoms with Gasteiger partial charge in [-0.1, -0.05) is 12.1 Å². The molecule has 0 saturated carbocycles. The predicted octanol–water partition coefficient (Wildman–Crippen LogP) is 2.20. The lowest BCUT2D eigenvalue weighted by Crippen LogP contribution is -2.23. The molecule has 0 spiro atoms. The van der Waals surface area contributed by atoms with E-state index < -0.39 is 0 Å². The summed E-state index contributed by atoms with van der Waals surface area (Å²) >= 11 is 1.36. The lowest BCUT2D eigenvalue weighted by Gasteiger charge is -2.00. The standard InChI is InChI=1S/C12H12N4OS/c1-2-6-14-11(17)9-8-18-12(15-9)16-10-5-3-4-7-13-10/h2-5,7-8H,1,6H2,(H,14,17)(H,13,15,16). The van der Waals surface area contributed by atoms with Crippen LogP contribution in [0.3, 0.4) is 0 Å². The first-order valence-corrected chi connectivity index (χ1v) is 6.20. The van der Waals surface area contributed by atoms with Crippen LogP contribution in [0, 0.1) is 0 Å². The molecule has 0 radical (unpaired) electrons. The topological polar surface area (TPSA) is 66.9 Å². The van der Waals surface area contributed by atoms with Crippen molar-refractivity contribution in [1.82, 2.24) is 15.3 Å². The van der Waals surface area contributed by atoms with Gasteiger partial charge in [0.1, 0.15) is 11.5 Å². The number of rotatable bonds is 5. The molecule has 2 rings (SSSR count).